The SMILES string of the molecule is COc1ccc(S(=O)(=O)N(C)[C@@H]2CNC[C@H]2O)cc1Br. The Kier molecular flexibility index (Phi) is 4.70. The summed E-state index contributed by atoms with van der Waals surface area (Å²) in [6.07, 6.45) is -0.698. The molecule has 1 aliphatic heterocycles. The summed E-state index contributed by atoms with van der Waals surface area (Å²) < 4.78 is 32.0. The lowest BCUT2D eigenvalue weighted by Gasteiger charge is -2.25. The number of hydrogen-bond donors (Lipinski definition) is 2. The average Bonchev–Trinajstić information content (AvgIpc) is 2.83. The summed E-state index contributed by atoms with van der Waals surface area (Å²) in [5, 5.41) is 12.8. The molecule has 6 nitrogen and oxygen atoms in total. The molecule has 0 aliphatic carbocycles. The van der Waals surface area contributed by atoms with Crippen LogP contribution in [0.1, 0.15) is 0 Å². The van der Waals surface area contributed by atoms with E-state index in [1.807, 2.05) is 0 Å². The molecule has 2 N–H and O–H groups in total. The molecule has 0 unspecified atom stereocenters. The monoisotopic (exact) mass is 364 g/mol. The van der Waals surface area contributed by atoms with Crippen molar-refractivity contribution in [3.63, 3.8) is 0 Å². The van der Waals surface area contributed by atoms with Crippen molar-refractivity contribution < 1.29 is 18.3 Å². The minimum atomic E-state index is -3.66. The third-order valence-corrected chi connectivity index (χ3v) is 5.92. The van der Waals surface area contributed by atoms with Crippen LogP contribution in [-0.2, 0) is 10.0 Å². The molecule has 1 heterocycles. The van der Waals surface area contributed by atoms with E-state index in [-0.39, 0.29) is 4.90 Å². The van der Waals surface area contributed by atoms with Crippen molar-refractivity contribution in [3.8, 4) is 5.75 Å². The van der Waals surface area contributed by atoms with Gasteiger partial charge >= 0.3 is 0 Å². The lowest BCUT2D eigenvalue weighted by Crippen LogP contribution is -2.44. The zero-order valence-electron chi connectivity index (χ0n) is 11.2. The standard InChI is InChI=1S/C12H17BrN2O4S/c1-15(10-6-14-7-11(10)16)20(17,18)8-3-4-12(19-2)9(13)5-8/h3-5,10-11,14,16H,6-7H2,1-2H3/t10-,11-/m1/s1. The van der Waals surface area contributed by atoms with E-state index in [1.54, 1.807) is 6.07 Å². The van der Waals surface area contributed by atoms with Gasteiger partial charge in [0.25, 0.3) is 0 Å². The zero-order valence-corrected chi connectivity index (χ0v) is 13.6. The van der Waals surface area contributed by atoms with Gasteiger partial charge in [-0.3, -0.25) is 0 Å². The molecule has 8 heteroatoms. The van der Waals surface area contributed by atoms with Crippen molar-refractivity contribution in [3.05, 3.63) is 22.7 Å². The van der Waals surface area contributed by atoms with E-state index in [4.69, 9.17) is 4.74 Å². The van der Waals surface area contributed by atoms with Gasteiger partial charge in [0.15, 0.2) is 0 Å². The molecule has 0 bridgehead atoms. The number of methoxy groups -OCH3 is 1. The van der Waals surface area contributed by atoms with Crippen LogP contribution in [0.25, 0.3) is 0 Å². The van der Waals surface area contributed by atoms with Gasteiger partial charge < -0.3 is 15.2 Å². The predicted molar refractivity (Wildman–Crippen MR) is 78.3 cm³/mol. The molecular weight excluding hydrogens is 348 g/mol. The first-order chi connectivity index (χ1) is 9.37. The Labute approximate surface area is 126 Å². The Balaban J connectivity index is 2.32. The van der Waals surface area contributed by atoms with E-state index in [0.717, 1.165) is 0 Å². The van der Waals surface area contributed by atoms with Crippen molar-refractivity contribution in [2.24, 2.45) is 0 Å². The van der Waals surface area contributed by atoms with E-state index in [1.165, 1.54) is 30.6 Å². The molecular formula is C12H17BrN2O4S. The van der Waals surface area contributed by atoms with E-state index >= 15 is 0 Å². The van der Waals surface area contributed by atoms with Gasteiger partial charge in [-0.25, -0.2) is 8.42 Å². The number of sulfonamides is 1. The number of halogens is 1. The predicted octanol–water partition coefficient (Wildman–Crippen LogP) is 0.411. The first-order valence-corrected chi connectivity index (χ1v) is 8.31. The number of nitrogens with zero attached hydrogens (tertiary/aromatic N) is 1. The van der Waals surface area contributed by atoms with Crippen molar-refractivity contribution >= 4 is 26.0 Å². The molecule has 0 radical (unpaired) electrons. The largest absolute Gasteiger partial charge is 0.496 e. The highest BCUT2D eigenvalue weighted by Gasteiger charge is 2.35. The maximum Gasteiger partial charge on any atom is 0.243 e. The second kappa shape index (κ2) is 5.98. The van der Waals surface area contributed by atoms with Crippen LogP contribution in [0.5, 0.6) is 5.75 Å². The highest BCUT2D eigenvalue weighted by atomic mass is 79.9. The van der Waals surface area contributed by atoms with Crippen LogP contribution in [0, 0.1) is 0 Å². The van der Waals surface area contributed by atoms with Crippen molar-refractivity contribution in [1.82, 2.24) is 9.62 Å². The smallest absolute Gasteiger partial charge is 0.243 e. The average molecular weight is 365 g/mol. The summed E-state index contributed by atoms with van der Waals surface area (Å²) in [5.74, 6) is 0.564. The number of rotatable bonds is 4. The quantitative estimate of drug-likeness (QED) is 0.808. The Morgan fingerprint density at radius 3 is 2.65 bits per heavy atom. The van der Waals surface area contributed by atoms with E-state index in [2.05, 4.69) is 21.2 Å². The lowest BCUT2D eigenvalue weighted by molar-refractivity contribution is 0.136. The number of aliphatic hydroxyl groups excluding tert-OH is 1. The van der Waals surface area contributed by atoms with Crippen molar-refractivity contribution in [1.29, 1.82) is 0 Å². The highest BCUT2D eigenvalue weighted by molar-refractivity contribution is 9.10. The Bertz CT molecular complexity index is 593. The second-order valence-electron chi connectivity index (χ2n) is 4.61. The summed E-state index contributed by atoms with van der Waals surface area (Å²) in [4.78, 5) is 0.159. The minimum Gasteiger partial charge on any atom is -0.496 e. The number of benzene rings is 1. The van der Waals surface area contributed by atoms with Crippen LogP contribution in [0.2, 0.25) is 0 Å². The summed E-state index contributed by atoms with van der Waals surface area (Å²) in [6.45, 7) is 0.838. The van der Waals surface area contributed by atoms with Gasteiger partial charge in [-0.05, 0) is 34.1 Å². The molecule has 1 aliphatic rings. The van der Waals surface area contributed by atoms with Gasteiger partial charge in [-0.2, -0.15) is 4.31 Å². The number of ether oxygens (including phenoxy) is 1. The van der Waals surface area contributed by atoms with Crippen LogP contribution in [0.4, 0.5) is 0 Å². The van der Waals surface area contributed by atoms with Crippen molar-refractivity contribution in [2.75, 3.05) is 27.2 Å². The van der Waals surface area contributed by atoms with Gasteiger partial charge in [0.1, 0.15) is 5.75 Å². The number of nitrogens with one attached hydrogen (secondary N) is 1. The number of hydrogen-bond acceptors (Lipinski definition) is 5. The number of β-amino-alcohol motifs (C(OH)–C–C–N with tert-alkyl or cyclic N) is 1. The fourth-order valence-corrected chi connectivity index (χ4v) is 4.28. The lowest BCUT2D eigenvalue weighted by atomic mass is 10.2. The molecule has 112 valence electrons. The molecule has 20 heavy (non-hydrogen) atoms. The molecule has 0 spiro atoms. The van der Waals surface area contributed by atoms with Gasteiger partial charge in [-0.1, -0.05) is 0 Å². The minimum absolute atomic E-state index is 0.159. The summed E-state index contributed by atoms with van der Waals surface area (Å²) in [7, 11) is -0.660. The van der Waals surface area contributed by atoms with E-state index < -0.39 is 22.2 Å². The number of likely N-dealkylation sites (N-methyl/N-ethyl adjacent to an activating group) is 1. The molecule has 2 atom stereocenters. The second-order valence-corrected chi connectivity index (χ2v) is 7.46. The third-order valence-electron chi connectivity index (χ3n) is 3.42. The maximum absolute atomic E-state index is 12.5. The van der Waals surface area contributed by atoms with Crippen LogP contribution in [0.3, 0.4) is 0 Å². The fraction of sp³-hybridized carbons (Fsp3) is 0.500. The molecule has 0 saturated carbocycles. The molecule has 0 aromatic heterocycles. The molecule has 1 saturated heterocycles. The van der Waals surface area contributed by atoms with E-state index in [0.29, 0.717) is 23.3 Å². The highest BCUT2D eigenvalue weighted by Crippen LogP contribution is 2.29. The first-order valence-electron chi connectivity index (χ1n) is 6.08. The fourth-order valence-electron chi connectivity index (χ4n) is 2.17. The topological polar surface area (TPSA) is 78.9 Å². The molecule has 1 aromatic carbocycles. The van der Waals surface area contributed by atoms with Crippen molar-refractivity contribution in [2.45, 2.75) is 17.0 Å². The third kappa shape index (κ3) is 2.84. The zero-order chi connectivity index (χ0) is 14.9. The van der Waals surface area contributed by atoms with Crippen LogP contribution < -0.4 is 10.1 Å². The van der Waals surface area contributed by atoms with Gasteiger partial charge in [0, 0.05) is 20.1 Å². The number of aliphatic hydroxyl groups is 1. The normalized spacial score (nSPS) is 23.2. The van der Waals surface area contributed by atoms with Gasteiger partial charge in [0.2, 0.25) is 10.0 Å². The molecule has 2 rings (SSSR count). The van der Waals surface area contributed by atoms with E-state index in [9.17, 15) is 13.5 Å². The Hall–Kier alpha value is -0.670. The summed E-state index contributed by atoms with van der Waals surface area (Å²) in [5.41, 5.74) is 0. The first kappa shape index (κ1) is 15.7. The van der Waals surface area contributed by atoms with Crippen LogP contribution >= 0.6 is 15.9 Å². The van der Waals surface area contributed by atoms with Gasteiger partial charge in [-0.15, -0.1) is 0 Å². The Morgan fingerprint density at radius 1 is 1.45 bits per heavy atom. The van der Waals surface area contributed by atoms with Crippen LogP contribution in [-0.4, -0.2) is 57.2 Å². The molecule has 1 aromatic rings. The van der Waals surface area contributed by atoms with Crippen LogP contribution in [0.15, 0.2) is 27.6 Å². The molecule has 0 amide bonds. The molecule has 1 fully saturated rings. The Morgan fingerprint density at radius 2 is 2.15 bits per heavy atom. The van der Waals surface area contributed by atoms with Gasteiger partial charge in [0.05, 0.1) is 28.6 Å². The summed E-state index contributed by atoms with van der Waals surface area (Å²) in [6, 6.07) is 4.12. The maximum atomic E-state index is 12.5. The summed E-state index contributed by atoms with van der Waals surface area (Å²) >= 11 is 3.27.